The number of aryl methyl sites for hydroxylation is 1. The van der Waals surface area contributed by atoms with Gasteiger partial charge in [-0.2, -0.15) is 0 Å². The van der Waals surface area contributed by atoms with Crippen molar-refractivity contribution in [2.24, 2.45) is 0 Å². The third-order valence-corrected chi connectivity index (χ3v) is 5.54. The number of nitrogens with zero attached hydrogens (tertiary/aromatic N) is 1. The lowest BCUT2D eigenvalue weighted by Gasteiger charge is -2.13. The van der Waals surface area contributed by atoms with Gasteiger partial charge >= 0.3 is 5.97 Å². The minimum Gasteiger partial charge on any atom is -0.462 e. The highest BCUT2D eigenvalue weighted by molar-refractivity contribution is 7.18. The highest BCUT2D eigenvalue weighted by Crippen LogP contribution is 2.30. The zero-order valence-electron chi connectivity index (χ0n) is 13.9. The van der Waals surface area contributed by atoms with Gasteiger partial charge in [0.15, 0.2) is 0 Å². The quantitative estimate of drug-likeness (QED) is 0.836. The van der Waals surface area contributed by atoms with Crippen LogP contribution in [0.3, 0.4) is 0 Å². The van der Waals surface area contributed by atoms with Crippen LogP contribution in [0, 0.1) is 6.92 Å². The van der Waals surface area contributed by atoms with E-state index < -0.39 is 0 Å². The molecule has 2 heterocycles. The molecule has 124 valence electrons. The summed E-state index contributed by atoms with van der Waals surface area (Å²) in [4.78, 5) is 29.5. The molecular formula is C16H20N2O3S2. The van der Waals surface area contributed by atoms with E-state index in [2.05, 4.69) is 31.1 Å². The van der Waals surface area contributed by atoms with Gasteiger partial charge in [-0.1, -0.05) is 20.8 Å². The van der Waals surface area contributed by atoms with Crippen molar-refractivity contribution in [1.29, 1.82) is 0 Å². The summed E-state index contributed by atoms with van der Waals surface area (Å²) >= 11 is 2.60. The third kappa shape index (κ3) is 4.17. The van der Waals surface area contributed by atoms with E-state index in [9.17, 15) is 9.59 Å². The number of aromatic nitrogens is 1. The van der Waals surface area contributed by atoms with E-state index in [0.717, 1.165) is 10.6 Å². The van der Waals surface area contributed by atoms with Crippen LogP contribution in [0.1, 0.15) is 57.6 Å². The molecule has 7 heteroatoms. The first-order chi connectivity index (χ1) is 10.7. The Bertz CT molecular complexity index is 726. The van der Waals surface area contributed by atoms with E-state index in [0.29, 0.717) is 21.4 Å². The standard InChI is InChI=1S/C16H20N2O3S2/c1-6-21-14(20)12-9(2)7-11(23-12)18-13(19)10-8-17-15(22-10)16(3,4)5/h7-8H,6H2,1-5H3,(H,18,19). The Morgan fingerprint density at radius 3 is 2.57 bits per heavy atom. The number of anilines is 1. The largest absolute Gasteiger partial charge is 0.462 e. The zero-order valence-corrected chi connectivity index (χ0v) is 15.5. The molecule has 0 aliphatic rings. The first-order valence-electron chi connectivity index (χ1n) is 7.27. The summed E-state index contributed by atoms with van der Waals surface area (Å²) in [5.74, 6) is -0.571. The first kappa shape index (κ1) is 17.6. The summed E-state index contributed by atoms with van der Waals surface area (Å²) < 4.78 is 5.00. The molecular weight excluding hydrogens is 332 g/mol. The predicted octanol–water partition coefficient (Wildman–Crippen LogP) is 4.24. The van der Waals surface area contributed by atoms with Gasteiger partial charge in [0, 0.05) is 5.41 Å². The lowest BCUT2D eigenvalue weighted by atomic mass is 9.98. The summed E-state index contributed by atoms with van der Waals surface area (Å²) in [6.45, 7) is 10.1. The highest BCUT2D eigenvalue weighted by Gasteiger charge is 2.21. The van der Waals surface area contributed by atoms with Crippen LogP contribution in [0.2, 0.25) is 0 Å². The molecule has 2 aromatic heterocycles. The molecule has 1 N–H and O–H groups in total. The summed E-state index contributed by atoms with van der Waals surface area (Å²) in [6, 6.07) is 1.78. The number of esters is 1. The molecule has 0 unspecified atom stereocenters. The Balaban J connectivity index is 2.13. The lowest BCUT2D eigenvalue weighted by molar-refractivity contribution is 0.0531. The lowest BCUT2D eigenvalue weighted by Crippen LogP contribution is -2.10. The maximum Gasteiger partial charge on any atom is 0.348 e. The Labute approximate surface area is 143 Å². The van der Waals surface area contributed by atoms with Gasteiger partial charge in [-0.3, -0.25) is 4.79 Å². The van der Waals surface area contributed by atoms with E-state index in [4.69, 9.17) is 4.74 Å². The number of rotatable bonds is 4. The molecule has 0 bridgehead atoms. The van der Waals surface area contributed by atoms with Gasteiger partial charge in [-0.25, -0.2) is 9.78 Å². The summed E-state index contributed by atoms with van der Waals surface area (Å²) in [5, 5.41) is 4.36. The molecule has 23 heavy (non-hydrogen) atoms. The van der Waals surface area contributed by atoms with Gasteiger partial charge in [-0.15, -0.1) is 22.7 Å². The van der Waals surface area contributed by atoms with Crippen LogP contribution in [0.5, 0.6) is 0 Å². The van der Waals surface area contributed by atoms with E-state index in [1.807, 2.05) is 6.92 Å². The minimum absolute atomic E-state index is 0.0835. The van der Waals surface area contributed by atoms with Gasteiger partial charge in [0.05, 0.1) is 22.8 Å². The van der Waals surface area contributed by atoms with E-state index >= 15 is 0 Å². The number of thiophene rings is 1. The van der Waals surface area contributed by atoms with Crippen LogP contribution in [0.25, 0.3) is 0 Å². The normalized spacial score (nSPS) is 11.3. The number of nitrogens with one attached hydrogen (secondary N) is 1. The van der Waals surface area contributed by atoms with Crippen LogP contribution in [-0.2, 0) is 10.2 Å². The second-order valence-electron chi connectivity index (χ2n) is 6.08. The number of thiazole rings is 1. The molecule has 0 saturated carbocycles. The van der Waals surface area contributed by atoms with Crippen molar-refractivity contribution in [2.75, 3.05) is 11.9 Å². The fraction of sp³-hybridized carbons (Fsp3) is 0.438. The maximum absolute atomic E-state index is 12.3. The average Bonchev–Trinajstić information content (AvgIpc) is 3.05. The number of hydrogen-bond acceptors (Lipinski definition) is 6. The van der Waals surface area contributed by atoms with Crippen LogP contribution < -0.4 is 5.32 Å². The molecule has 0 spiro atoms. The molecule has 0 saturated heterocycles. The fourth-order valence-electron chi connectivity index (χ4n) is 1.84. The molecule has 2 aromatic rings. The molecule has 5 nitrogen and oxygen atoms in total. The van der Waals surface area contributed by atoms with Crippen molar-refractivity contribution in [2.45, 2.75) is 40.0 Å². The molecule has 0 aliphatic heterocycles. The first-order valence-corrected chi connectivity index (χ1v) is 8.91. The Morgan fingerprint density at radius 1 is 1.30 bits per heavy atom. The monoisotopic (exact) mass is 352 g/mol. The minimum atomic E-state index is -0.358. The SMILES string of the molecule is CCOC(=O)c1sc(NC(=O)c2cnc(C(C)(C)C)s2)cc1C. The van der Waals surface area contributed by atoms with Gasteiger partial charge in [0.2, 0.25) is 0 Å². The molecule has 0 aromatic carbocycles. The van der Waals surface area contributed by atoms with Crippen LogP contribution in [-0.4, -0.2) is 23.5 Å². The number of ether oxygens (including phenoxy) is 1. The van der Waals surface area contributed by atoms with Crippen molar-refractivity contribution >= 4 is 39.6 Å². The maximum atomic E-state index is 12.3. The van der Waals surface area contributed by atoms with E-state index in [1.165, 1.54) is 22.7 Å². The fourth-order valence-corrected chi connectivity index (χ4v) is 3.67. The summed E-state index contributed by atoms with van der Waals surface area (Å²) in [6.07, 6.45) is 1.59. The highest BCUT2D eigenvalue weighted by atomic mass is 32.1. The van der Waals surface area contributed by atoms with Crippen molar-refractivity contribution in [1.82, 2.24) is 4.98 Å². The molecule has 1 amide bonds. The Morgan fingerprint density at radius 2 is 2.00 bits per heavy atom. The molecule has 0 radical (unpaired) electrons. The zero-order chi connectivity index (χ0) is 17.2. The number of amides is 1. The predicted molar refractivity (Wildman–Crippen MR) is 93.8 cm³/mol. The van der Waals surface area contributed by atoms with Gasteiger partial charge in [-0.05, 0) is 25.5 Å². The smallest absolute Gasteiger partial charge is 0.348 e. The van der Waals surface area contributed by atoms with Crippen molar-refractivity contribution < 1.29 is 14.3 Å². The molecule has 2 rings (SSSR count). The van der Waals surface area contributed by atoms with E-state index in [1.54, 1.807) is 19.2 Å². The van der Waals surface area contributed by atoms with E-state index in [-0.39, 0.29) is 17.3 Å². The number of hydrogen-bond donors (Lipinski definition) is 1. The molecule has 0 atom stereocenters. The Hall–Kier alpha value is -1.73. The van der Waals surface area contributed by atoms with Crippen LogP contribution >= 0.6 is 22.7 Å². The number of carbonyl (C=O) groups excluding carboxylic acids is 2. The van der Waals surface area contributed by atoms with Crippen molar-refractivity contribution in [3.8, 4) is 0 Å². The van der Waals surface area contributed by atoms with Crippen molar-refractivity contribution in [3.05, 3.63) is 32.6 Å². The average molecular weight is 352 g/mol. The third-order valence-electron chi connectivity index (χ3n) is 2.99. The Kier molecular flexibility index (Phi) is 5.21. The van der Waals surface area contributed by atoms with Gasteiger partial charge in [0.1, 0.15) is 9.75 Å². The summed E-state index contributed by atoms with van der Waals surface area (Å²) in [5.41, 5.74) is 0.711. The summed E-state index contributed by atoms with van der Waals surface area (Å²) in [7, 11) is 0. The topological polar surface area (TPSA) is 68.3 Å². The number of carbonyl (C=O) groups is 2. The van der Waals surface area contributed by atoms with Gasteiger partial charge in [0.25, 0.3) is 5.91 Å². The van der Waals surface area contributed by atoms with Crippen LogP contribution in [0.15, 0.2) is 12.3 Å². The van der Waals surface area contributed by atoms with Crippen molar-refractivity contribution in [3.63, 3.8) is 0 Å². The van der Waals surface area contributed by atoms with Gasteiger partial charge < -0.3 is 10.1 Å². The molecule has 0 aliphatic carbocycles. The second kappa shape index (κ2) is 6.80. The second-order valence-corrected chi connectivity index (χ2v) is 8.16. The molecule has 0 fully saturated rings. The van der Waals surface area contributed by atoms with Crippen LogP contribution in [0.4, 0.5) is 5.00 Å².